The molecule has 0 aliphatic rings. The van der Waals surface area contributed by atoms with Gasteiger partial charge in [0.25, 0.3) is 0 Å². The third-order valence-electron chi connectivity index (χ3n) is 4.93. The van der Waals surface area contributed by atoms with Gasteiger partial charge in [-0.3, -0.25) is 9.59 Å². The standard InChI is InChI=1S/C24H22N2O2/c1-15-8-9-22-20(13-15)24(28)19-6-4-5-7-21(19)26(22)14-23(27)25-18-11-16(2)10-17(3)12-18/h4-13H,14H2,1-3H3,(H,25,27). The highest BCUT2D eigenvalue weighted by molar-refractivity contribution is 5.97. The summed E-state index contributed by atoms with van der Waals surface area (Å²) in [6.45, 7) is 6.11. The molecule has 4 heteroatoms. The lowest BCUT2D eigenvalue weighted by molar-refractivity contribution is -0.116. The van der Waals surface area contributed by atoms with Crippen LogP contribution in [0.15, 0.2) is 65.5 Å². The van der Waals surface area contributed by atoms with E-state index in [1.165, 1.54) is 0 Å². The van der Waals surface area contributed by atoms with Crippen molar-refractivity contribution in [1.29, 1.82) is 0 Å². The van der Waals surface area contributed by atoms with Gasteiger partial charge in [0.05, 0.1) is 11.0 Å². The number of nitrogens with zero attached hydrogens (tertiary/aromatic N) is 1. The Bertz CT molecular complexity index is 1270. The van der Waals surface area contributed by atoms with Crippen LogP contribution in [0, 0.1) is 20.8 Å². The van der Waals surface area contributed by atoms with Gasteiger partial charge in [0.15, 0.2) is 5.43 Å². The molecular formula is C24H22N2O2. The molecule has 1 aromatic heterocycles. The second-order valence-electron chi connectivity index (χ2n) is 7.38. The summed E-state index contributed by atoms with van der Waals surface area (Å²) < 4.78 is 1.92. The van der Waals surface area contributed by atoms with E-state index in [9.17, 15) is 9.59 Å². The van der Waals surface area contributed by atoms with Crippen molar-refractivity contribution in [2.75, 3.05) is 5.32 Å². The van der Waals surface area contributed by atoms with Gasteiger partial charge in [-0.1, -0.05) is 29.8 Å². The Labute approximate surface area is 163 Å². The van der Waals surface area contributed by atoms with Crippen LogP contribution in [-0.2, 0) is 11.3 Å². The van der Waals surface area contributed by atoms with Crippen LogP contribution >= 0.6 is 0 Å². The van der Waals surface area contributed by atoms with Gasteiger partial charge in [0, 0.05) is 16.5 Å². The summed E-state index contributed by atoms with van der Waals surface area (Å²) in [7, 11) is 0. The average Bonchev–Trinajstić information content (AvgIpc) is 2.64. The number of amides is 1. The smallest absolute Gasteiger partial charge is 0.244 e. The van der Waals surface area contributed by atoms with Gasteiger partial charge in [0.2, 0.25) is 5.91 Å². The van der Waals surface area contributed by atoms with Gasteiger partial charge in [0.1, 0.15) is 6.54 Å². The molecule has 0 atom stereocenters. The number of para-hydroxylation sites is 1. The Kier molecular flexibility index (Phi) is 4.47. The maximum atomic E-state index is 12.9. The Balaban J connectivity index is 1.81. The molecule has 0 aliphatic heterocycles. The first-order valence-corrected chi connectivity index (χ1v) is 9.32. The molecule has 0 saturated heterocycles. The Hall–Kier alpha value is -3.40. The van der Waals surface area contributed by atoms with E-state index >= 15 is 0 Å². The number of aryl methyl sites for hydroxylation is 3. The van der Waals surface area contributed by atoms with Crippen LogP contribution in [0.5, 0.6) is 0 Å². The molecule has 4 nitrogen and oxygen atoms in total. The minimum absolute atomic E-state index is 0.000247. The van der Waals surface area contributed by atoms with Gasteiger partial charge in [-0.05, 0) is 68.3 Å². The number of anilines is 1. The summed E-state index contributed by atoms with van der Waals surface area (Å²) in [5.41, 5.74) is 5.54. The van der Waals surface area contributed by atoms with Crippen LogP contribution in [0.2, 0.25) is 0 Å². The number of nitrogens with one attached hydrogen (secondary N) is 1. The second-order valence-corrected chi connectivity index (χ2v) is 7.38. The number of carbonyl (C=O) groups excluding carboxylic acids is 1. The third-order valence-corrected chi connectivity index (χ3v) is 4.93. The second kappa shape index (κ2) is 6.97. The Morgan fingerprint density at radius 1 is 0.821 bits per heavy atom. The molecule has 0 unspecified atom stereocenters. The topological polar surface area (TPSA) is 51.1 Å². The van der Waals surface area contributed by atoms with E-state index in [4.69, 9.17) is 0 Å². The van der Waals surface area contributed by atoms with Crippen molar-refractivity contribution in [2.24, 2.45) is 0 Å². The third kappa shape index (κ3) is 3.29. The molecule has 0 bridgehead atoms. The highest BCUT2D eigenvalue weighted by atomic mass is 16.2. The number of benzene rings is 3. The van der Waals surface area contributed by atoms with E-state index in [2.05, 4.69) is 11.4 Å². The van der Waals surface area contributed by atoms with E-state index in [1.807, 2.05) is 79.9 Å². The van der Waals surface area contributed by atoms with Gasteiger partial charge in [-0.2, -0.15) is 0 Å². The predicted octanol–water partition coefficient (Wildman–Crippen LogP) is 4.72. The molecule has 4 rings (SSSR count). The fourth-order valence-corrected chi connectivity index (χ4v) is 3.80. The van der Waals surface area contributed by atoms with Crippen molar-refractivity contribution in [3.8, 4) is 0 Å². The van der Waals surface area contributed by atoms with Crippen molar-refractivity contribution in [1.82, 2.24) is 4.57 Å². The van der Waals surface area contributed by atoms with E-state index in [0.29, 0.717) is 10.8 Å². The lowest BCUT2D eigenvalue weighted by Crippen LogP contribution is -2.21. The van der Waals surface area contributed by atoms with Crippen LogP contribution in [0.3, 0.4) is 0 Å². The molecule has 1 N–H and O–H groups in total. The van der Waals surface area contributed by atoms with Gasteiger partial charge in [-0.15, -0.1) is 0 Å². The van der Waals surface area contributed by atoms with Crippen LogP contribution in [0.1, 0.15) is 16.7 Å². The van der Waals surface area contributed by atoms with Gasteiger partial charge in [-0.25, -0.2) is 0 Å². The number of hydrogen-bond acceptors (Lipinski definition) is 2. The zero-order valence-corrected chi connectivity index (χ0v) is 16.2. The number of rotatable bonds is 3. The molecule has 0 radical (unpaired) electrons. The number of hydrogen-bond donors (Lipinski definition) is 1. The average molecular weight is 370 g/mol. The first-order valence-electron chi connectivity index (χ1n) is 9.32. The highest BCUT2D eigenvalue weighted by Gasteiger charge is 2.13. The number of fused-ring (bicyclic) bond motifs is 2. The molecule has 3 aromatic carbocycles. The minimum Gasteiger partial charge on any atom is -0.331 e. The molecule has 0 spiro atoms. The molecule has 28 heavy (non-hydrogen) atoms. The molecule has 0 fully saturated rings. The molecular weight excluding hydrogens is 348 g/mol. The van der Waals surface area contributed by atoms with E-state index < -0.39 is 0 Å². The predicted molar refractivity (Wildman–Crippen MR) is 115 cm³/mol. The molecule has 1 amide bonds. The maximum absolute atomic E-state index is 12.9. The van der Waals surface area contributed by atoms with Crippen LogP contribution < -0.4 is 10.7 Å². The van der Waals surface area contributed by atoms with Crippen LogP contribution in [0.25, 0.3) is 21.8 Å². The van der Waals surface area contributed by atoms with Crippen molar-refractivity contribution in [3.05, 3.63) is 87.6 Å². The van der Waals surface area contributed by atoms with Crippen molar-refractivity contribution in [2.45, 2.75) is 27.3 Å². The van der Waals surface area contributed by atoms with Crippen LogP contribution in [-0.4, -0.2) is 10.5 Å². The maximum Gasteiger partial charge on any atom is 0.244 e. The molecule has 0 aliphatic carbocycles. The Morgan fingerprint density at radius 2 is 1.50 bits per heavy atom. The largest absolute Gasteiger partial charge is 0.331 e. The van der Waals surface area contributed by atoms with Gasteiger partial charge >= 0.3 is 0 Å². The summed E-state index contributed by atoms with van der Waals surface area (Å²) >= 11 is 0. The number of aromatic nitrogens is 1. The van der Waals surface area contributed by atoms with E-state index in [-0.39, 0.29) is 17.9 Å². The van der Waals surface area contributed by atoms with E-state index in [0.717, 1.165) is 33.4 Å². The lowest BCUT2D eigenvalue weighted by atomic mass is 10.1. The van der Waals surface area contributed by atoms with Crippen molar-refractivity contribution >= 4 is 33.4 Å². The zero-order valence-electron chi connectivity index (χ0n) is 16.2. The quantitative estimate of drug-likeness (QED) is 0.531. The first kappa shape index (κ1) is 18.0. The fourth-order valence-electron chi connectivity index (χ4n) is 3.80. The zero-order chi connectivity index (χ0) is 19.8. The fraction of sp³-hybridized carbons (Fsp3) is 0.167. The van der Waals surface area contributed by atoms with Crippen molar-refractivity contribution in [3.63, 3.8) is 0 Å². The summed E-state index contributed by atoms with van der Waals surface area (Å²) in [6, 6.07) is 19.2. The number of carbonyl (C=O) groups is 1. The minimum atomic E-state index is -0.124. The molecule has 0 saturated carbocycles. The first-order chi connectivity index (χ1) is 13.4. The SMILES string of the molecule is Cc1cc(C)cc(NC(=O)Cn2c3ccccc3c(=O)c3cc(C)ccc32)c1. The summed E-state index contributed by atoms with van der Waals surface area (Å²) in [4.78, 5) is 25.8. The molecule has 4 aromatic rings. The molecule has 1 heterocycles. The van der Waals surface area contributed by atoms with Crippen molar-refractivity contribution < 1.29 is 4.79 Å². The summed E-state index contributed by atoms with van der Waals surface area (Å²) in [5.74, 6) is -0.124. The van der Waals surface area contributed by atoms with E-state index in [1.54, 1.807) is 0 Å². The highest BCUT2D eigenvalue weighted by Crippen LogP contribution is 2.21. The summed E-state index contributed by atoms with van der Waals surface area (Å²) in [5, 5.41) is 4.25. The molecule has 140 valence electrons. The Morgan fingerprint density at radius 3 is 2.25 bits per heavy atom. The van der Waals surface area contributed by atoms with Crippen LogP contribution in [0.4, 0.5) is 5.69 Å². The lowest BCUT2D eigenvalue weighted by Gasteiger charge is -2.16. The normalized spacial score (nSPS) is 11.1. The monoisotopic (exact) mass is 370 g/mol. The summed E-state index contributed by atoms with van der Waals surface area (Å²) in [6.07, 6.45) is 0. The number of pyridine rings is 1. The van der Waals surface area contributed by atoms with Gasteiger partial charge < -0.3 is 9.88 Å².